The molecule has 1 aromatic heterocycles. The summed E-state index contributed by atoms with van der Waals surface area (Å²) in [4.78, 5) is 29.8. The second-order valence-corrected chi connectivity index (χ2v) is 7.89. The first-order valence-electron chi connectivity index (χ1n) is 9.31. The standard InChI is InChI=1S/C21H26N2O3S/c1-16-6-3-8-19(17(16)2)26-15-21(25)23-10-5-9-22(11-12-23)20(24)14-18-7-4-13-27-18/h3-4,6-8,13H,5,9-12,14-15H2,1-2H3. The molecule has 1 fully saturated rings. The van der Waals surface area contributed by atoms with Gasteiger partial charge < -0.3 is 14.5 Å². The molecule has 1 aliphatic rings. The summed E-state index contributed by atoms with van der Waals surface area (Å²) in [7, 11) is 0. The summed E-state index contributed by atoms with van der Waals surface area (Å²) < 4.78 is 5.75. The third kappa shape index (κ3) is 5.10. The van der Waals surface area contributed by atoms with E-state index in [9.17, 15) is 9.59 Å². The molecule has 1 saturated heterocycles. The van der Waals surface area contributed by atoms with Gasteiger partial charge in [0.15, 0.2) is 6.61 Å². The van der Waals surface area contributed by atoms with E-state index < -0.39 is 0 Å². The van der Waals surface area contributed by atoms with E-state index in [2.05, 4.69) is 0 Å². The number of carbonyl (C=O) groups is 2. The Bertz CT molecular complexity index is 789. The molecule has 0 bridgehead atoms. The Balaban J connectivity index is 1.50. The zero-order valence-corrected chi connectivity index (χ0v) is 16.8. The summed E-state index contributed by atoms with van der Waals surface area (Å²) in [6.45, 7) is 6.57. The molecule has 6 heteroatoms. The Morgan fingerprint density at radius 3 is 2.44 bits per heavy atom. The molecule has 2 amide bonds. The first-order valence-corrected chi connectivity index (χ1v) is 10.2. The maximum atomic E-state index is 12.6. The van der Waals surface area contributed by atoms with Crippen LogP contribution in [0.15, 0.2) is 35.7 Å². The molecule has 0 unspecified atom stereocenters. The summed E-state index contributed by atoms with van der Waals surface area (Å²) in [5.74, 6) is 0.868. The highest BCUT2D eigenvalue weighted by molar-refractivity contribution is 7.10. The van der Waals surface area contributed by atoms with Gasteiger partial charge in [0.2, 0.25) is 5.91 Å². The van der Waals surface area contributed by atoms with Crippen LogP contribution in [0.4, 0.5) is 0 Å². The largest absolute Gasteiger partial charge is 0.483 e. The lowest BCUT2D eigenvalue weighted by Crippen LogP contribution is -2.39. The molecule has 0 radical (unpaired) electrons. The minimum Gasteiger partial charge on any atom is -0.483 e. The molecule has 0 saturated carbocycles. The van der Waals surface area contributed by atoms with E-state index in [-0.39, 0.29) is 18.4 Å². The van der Waals surface area contributed by atoms with Crippen molar-refractivity contribution in [2.45, 2.75) is 26.7 Å². The molecule has 2 aromatic rings. The van der Waals surface area contributed by atoms with Gasteiger partial charge in [0, 0.05) is 31.1 Å². The minimum absolute atomic E-state index is 0.0246. The van der Waals surface area contributed by atoms with Crippen molar-refractivity contribution in [2.24, 2.45) is 0 Å². The fraction of sp³-hybridized carbons (Fsp3) is 0.429. The van der Waals surface area contributed by atoms with Gasteiger partial charge in [-0.15, -0.1) is 11.3 Å². The van der Waals surface area contributed by atoms with Crippen LogP contribution in [-0.4, -0.2) is 54.4 Å². The summed E-state index contributed by atoms with van der Waals surface area (Å²) in [6.07, 6.45) is 1.24. The lowest BCUT2D eigenvalue weighted by atomic mass is 10.1. The van der Waals surface area contributed by atoms with Crippen molar-refractivity contribution in [3.05, 3.63) is 51.7 Å². The maximum Gasteiger partial charge on any atom is 0.260 e. The molecule has 1 aromatic carbocycles. The Morgan fingerprint density at radius 1 is 1.00 bits per heavy atom. The number of aryl methyl sites for hydroxylation is 1. The van der Waals surface area contributed by atoms with Crippen LogP contribution >= 0.6 is 11.3 Å². The van der Waals surface area contributed by atoms with Gasteiger partial charge in [-0.2, -0.15) is 0 Å². The predicted molar refractivity (Wildman–Crippen MR) is 107 cm³/mol. The zero-order chi connectivity index (χ0) is 19.2. The average Bonchev–Trinajstić information content (AvgIpc) is 3.03. The third-order valence-corrected chi connectivity index (χ3v) is 5.89. The van der Waals surface area contributed by atoms with E-state index in [1.807, 2.05) is 59.4 Å². The molecule has 3 rings (SSSR count). The number of hydrogen-bond donors (Lipinski definition) is 0. The molecule has 2 heterocycles. The minimum atomic E-state index is -0.0246. The fourth-order valence-electron chi connectivity index (χ4n) is 3.20. The van der Waals surface area contributed by atoms with Crippen molar-refractivity contribution in [1.82, 2.24) is 9.80 Å². The summed E-state index contributed by atoms with van der Waals surface area (Å²) in [5, 5.41) is 1.99. The summed E-state index contributed by atoms with van der Waals surface area (Å²) in [5.41, 5.74) is 2.21. The van der Waals surface area contributed by atoms with Gasteiger partial charge in [0.05, 0.1) is 6.42 Å². The quantitative estimate of drug-likeness (QED) is 0.794. The lowest BCUT2D eigenvalue weighted by Gasteiger charge is -2.22. The van der Waals surface area contributed by atoms with Crippen LogP contribution in [-0.2, 0) is 16.0 Å². The van der Waals surface area contributed by atoms with Crippen LogP contribution in [0.1, 0.15) is 22.4 Å². The molecule has 0 aliphatic carbocycles. The number of rotatable bonds is 5. The summed E-state index contributed by atoms with van der Waals surface area (Å²) in [6, 6.07) is 9.81. The molecule has 5 nitrogen and oxygen atoms in total. The first kappa shape index (κ1) is 19.4. The van der Waals surface area contributed by atoms with Crippen LogP contribution in [0.25, 0.3) is 0 Å². The molecule has 0 N–H and O–H groups in total. The van der Waals surface area contributed by atoms with Crippen LogP contribution < -0.4 is 4.74 Å². The molecule has 144 valence electrons. The second-order valence-electron chi connectivity index (χ2n) is 6.86. The highest BCUT2D eigenvalue weighted by atomic mass is 32.1. The van der Waals surface area contributed by atoms with Crippen molar-refractivity contribution in [1.29, 1.82) is 0 Å². The van der Waals surface area contributed by atoms with Crippen molar-refractivity contribution < 1.29 is 14.3 Å². The smallest absolute Gasteiger partial charge is 0.260 e. The van der Waals surface area contributed by atoms with Crippen molar-refractivity contribution in [3.8, 4) is 5.75 Å². The van der Waals surface area contributed by atoms with Crippen molar-refractivity contribution >= 4 is 23.2 Å². The van der Waals surface area contributed by atoms with Gasteiger partial charge in [-0.1, -0.05) is 18.2 Å². The topological polar surface area (TPSA) is 49.9 Å². The number of carbonyl (C=O) groups excluding carboxylic acids is 2. The number of nitrogens with zero attached hydrogens (tertiary/aromatic N) is 2. The first-order chi connectivity index (χ1) is 13.0. The highest BCUT2D eigenvalue weighted by Gasteiger charge is 2.22. The van der Waals surface area contributed by atoms with E-state index in [1.54, 1.807) is 11.3 Å². The van der Waals surface area contributed by atoms with Gasteiger partial charge >= 0.3 is 0 Å². The molecular formula is C21H26N2O3S. The third-order valence-electron chi connectivity index (χ3n) is 5.01. The van der Waals surface area contributed by atoms with E-state index in [0.717, 1.165) is 28.2 Å². The van der Waals surface area contributed by atoms with E-state index >= 15 is 0 Å². The van der Waals surface area contributed by atoms with Gasteiger partial charge in [0.1, 0.15) is 5.75 Å². The number of amides is 2. The van der Waals surface area contributed by atoms with Crippen LogP contribution in [0.2, 0.25) is 0 Å². The summed E-state index contributed by atoms with van der Waals surface area (Å²) >= 11 is 1.60. The normalized spacial score (nSPS) is 14.7. The number of thiophene rings is 1. The van der Waals surface area contributed by atoms with E-state index in [4.69, 9.17) is 4.74 Å². The van der Waals surface area contributed by atoms with Gasteiger partial charge in [-0.25, -0.2) is 0 Å². The Kier molecular flexibility index (Phi) is 6.50. The molecule has 0 atom stereocenters. The van der Waals surface area contributed by atoms with E-state index in [0.29, 0.717) is 32.6 Å². The van der Waals surface area contributed by atoms with Crippen LogP contribution in [0, 0.1) is 13.8 Å². The Labute approximate surface area is 164 Å². The predicted octanol–water partition coefficient (Wildman–Crippen LogP) is 3.05. The van der Waals surface area contributed by atoms with Crippen LogP contribution in [0.3, 0.4) is 0 Å². The lowest BCUT2D eigenvalue weighted by molar-refractivity contribution is -0.134. The van der Waals surface area contributed by atoms with Crippen molar-refractivity contribution in [3.63, 3.8) is 0 Å². The molecule has 1 aliphatic heterocycles. The number of hydrogen-bond acceptors (Lipinski definition) is 4. The fourth-order valence-corrected chi connectivity index (χ4v) is 3.90. The van der Waals surface area contributed by atoms with Gasteiger partial charge in [0.25, 0.3) is 5.91 Å². The second kappa shape index (κ2) is 9.04. The average molecular weight is 387 g/mol. The van der Waals surface area contributed by atoms with Gasteiger partial charge in [-0.05, 0) is 48.9 Å². The van der Waals surface area contributed by atoms with Crippen molar-refractivity contribution in [2.75, 3.05) is 32.8 Å². The molecular weight excluding hydrogens is 360 g/mol. The molecule has 27 heavy (non-hydrogen) atoms. The monoisotopic (exact) mass is 386 g/mol. The zero-order valence-electron chi connectivity index (χ0n) is 15.9. The number of ether oxygens (including phenoxy) is 1. The Hall–Kier alpha value is -2.34. The SMILES string of the molecule is Cc1cccc(OCC(=O)N2CCCN(C(=O)Cc3cccs3)CC2)c1C. The van der Waals surface area contributed by atoms with Crippen LogP contribution in [0.5, 0.6) is 5.75 Å². The molecule has 0 spiro atoms. The maximum absolute atomic E-state index is 12.6. The van der Waals surface area contributed by atoms with Gasteiger partial charge in [-0.3, -0.25) is 9.59 Å². The van der Waals surface area contributed by atoms with E-state index in [1.165, 1.54) is 0 Å². The highest BCUT2D eigenvalue weighted by Crippen LogP contribution is 2.20. The Morgan fingerprint density at radius 2 is 1.74 bits per heavy atom. The number of benzene rings is 1.